The van der Waals surface area contributed by atoms with E-state index in [0.717, 1.165) is 30.1 Å². The minimum Gasteiger partial charge on any atom is -0.454 e. The molecule has 0 atom stereocenters. The Balaban J connectivity index is 2.12. The Labute approximate surface area is 107 Å². The molecule has 2 heterocycles. The highest BCUT2D eigenvalue weighted by Crippen LogP contribution is 2.24. The Morgan fingerprint density at radius 2 is 2.22 bits per heavy atom. The smallest absolute Gasteiger partial charge is 0.148 e. The molecule has 0 fully saturated rings. The minimum absolute atomic E-state index is 0.715. The maximum atomic E-state index is 5.76. The van der Waals surface area contributed by atoms with Gasteiger partial charge in [0.2, 0.25) is 0 Å². The molecule has 2 aromatic rings. The minimum atomic E-state index is 0.715. The molecule has 0 aromatic carbocycles. The van der Waals surface area contributed by atoms with Crippen LogP contribution in [-0.2, 0) is 0 Å². The van der Waals surface area contributed by atoms with Gasteiger partial charge in [0.25, 0.3) is 0 Å². The normalized spacial score (nSPS) is 10.1. The van der Waals surface area contributed by atoms with Gasteiger partial charge in [-0.15, -0.1) is 0 Å². The van der Waals surface area contributed by atoms with Crippen LogP contribution in [0.2, 0.25) is 0 Å². The van der Waals surface area contributed by atoms with E-state index in [4.69, 9.17) is 4.74 Å². The quantitative estimate of drug-likeness (QED) is 0.874. The molecule has 0 saturated heterocycles. The number of ether oxygens (including phenoxy) is 1. The van der Waals surface area contributed by atoms with E-state index < -0.39 is 0 Å². The predicted octanol–water partition coefficient (Wildman–Crippen LogP) is 3.40. The molecule has 0 amide bonds. The Morgan fingerprint density at radius 1 is 1.33 bits per heavy atom. The van der Waals surface area contributed by atoms with Crippen molar-refractivity contribution in [3.05, 3.63) is 42.5 Å². The highest BCUT2D eigenvalue weighted by atomic mass is 16.5. The van der Waals surface area contributed by atoms with Gasteiger partial charge < -0.3 is 10.1 Å². The number of nitrogens with one attached hydrogen (secondary N) is 1. The van der Waals surface area contributed by atoms with Gasteiger partial charge in [-0.05, 0) is 25.5 Å². The molecule has 4 heteroatoms. The number of nitrogens with zero attached hydrogens (tertiary/aromatic N) is 2. The number of hydrogen-bond donors (Lipinski definition) is 1. The van der Waals surface area contributed by atoms with Crippen LogP contribution in [0.5, 0.6) is 11.5 Å². The Bertz CT molecular complexity index is 514. The summed E-state index contributed by atoms with van der Waals surface area (Å²) in [6.45, 7) is 4.97. The average molecular weight is 243 g/mol. The van der Waals surface area contributed by atoms with Crippen LogP contribution in [0.4, 0.5) is 5.69 Å². The molecule has 0 saturated carbocycles. The molecule has 1 N–H and O–H groups in total. The van der Waals surface area contributed by atoms with Crippen LogP contribution in [0.15, 0.2) is 36.8 Å². The first-order chi connectivity index (χ1) is 8.79. The van der Waals surface area contributed by atoms with Crippen molar-refractivity contribution in [3.63, 3.8) is 0 Å². The number of anilines is 1. The third-order valence-electron chi connectivity index (χ3n) is 2.48. The summed E-state index contributed by atoms with van der Waals surface area (Å²) in [7, 11) is 0. The first-order valence-electron chi connectivity index (χ1n) is 6.08. The van der Waals surface area contributed by atoms with Gasteiger partial charge in [-0.2, -0.15) is 0 Å². The molecular weight excluding hydrogens is 226 g/mol. The summed E-state index contributed by atoms with van der Waals surface area (Å²) in [5.41, 5.74) is 1.83. The fourth-order valence-corrected chi connectivity index (χ4v) is 1.54. The molecule has 0 aliphatic heterocycles. The van der Waals surface area contributed by atoms with Crippen molar-refractivity contribution >= 4 is 5.69 Å². The Morgan fingerprint density at radius 3 is 3.00 bits per heavy atom. The van der Waals surface area contributed by atoms with Crippen molar-refractivity contribution in [2.24, 2.45) is 0 Å². The van der Waals surface area contributed by atoms with Gasteiger partial charge in [-0.25, -0.2) is 0 Å². The van der Waals surface area contributed by atoms with Crippen molar-refractivity contribution in [1.82, 2.24) is 9.97 Å². The van der Waals surface area contributed by atoms with Gasteiger partial charge in [0, 0.05) is 18.8 Å². The summed E-state index contributed by atoms with van der Waals surface area (Å²) >= 11 is 0. The predicted molar refractivity (Wildman–Crippen MR) is 72.1 cm³/mol. The summed E-state index contributed by atoms with van der Waals surface area (Å²) in [4.78, 5) is 8.34. The van der Waals surface area contributed by atoms with E-state index >= 15 is 0 Å². The Kier molecular flexibility index (Phi) is 4.12. The second-order valence-corrected chi connectivity index (χ2v) is 4.03. The van der Waals surface area contributed by atoms with Gasteiger partial charge in [0.05, 0.1) is 23.8 Å². The molecule has 18 heavy (non-hydrogen) atoms. The fraction of sp³-hybridized carbons (Fsp3) is 0.286. The standard InChI is InChI=1S/C14H17N3O/c1-3-6-17-12-8-13(10-15-9-12)18-14-5-4-7-16-11(14)2/h4-5,7-10,17H,3,6H2,1-2H3. The SMILES string of the molecule is CCCNc1cncc(Oc2cccnc2C)c1. The van der Waals surface area contributed by atoms with Gasteiger partial charge >= 0.3 is 0 Å². The van der Waals surface area contributed by atoms with Crippen LogP contribution in [0.3, 0.4) is 0 Å². The zero-order valence-corrected chi connectivity index (χ0v) is 10.7. The van der Waals surface area contributed by atoms with E-state index in [1.807, 2.05) is 25.1 Å². The highest BCUT2D eigenvalue weighted by Gasteiger charge is 2.02. The van der Waals surface area contributed by atoms with Crippen molar-refractivity contribution in [2.75, 3.05) is 11.9 Å². The van der Waals surface area contributed by atoms with E-state index in [9.17, 15) is 0 Å². The zero-order valence-electron chi connectivity index (χ0n) is 10.7. The largest absolute Gasteiger partial charge is 0.454 e. The Hall–Kier alpha value is -2.10. The second kappa shape index (κ2) is 6.00. The summed E-state index contributed by atoms with van der Waals surface area (Å²) in [6.07, 6.45) is 6.31. The molecule has 0 aliphatic carbocycles. The van der Waals surface area contributed by atoms with E-state index in [0.29, 0.717) is 5.75 Å². The number of pyridine rings is 2. The first kappa shape index (κ1) is 12.4. The van der Waals surface area contributed by atoms with Gasteiger partial charge in [-0.1, -0.05) is 6.92 Å². The van der Waals surface area contributed by atoms with Crippen LogP contribution in [0, 0.1) is 6.92 Å². The van der Waals surface area contributed by atoms with Crippen LogP contribution >= 0.6 is 0 Å². The van der Waals surface area contributed by atoms with E-state index in [1.54, 1.807) is 18.6 Å². The third kappa shape index (κ3) is 3.20. The lowest BCUT2D eigenvalue weighted by Gasteiger charge is -2.09. The van der Waals surface area contributed by atoms with Crippen molar-refractivity contribution in [3.8, 4) is 11.5 Å². The molecule has 94 valence electrons. The lowest BCUT2D eigenvalue weighted by molar-refractivity contribution is 0.473. The third-order valence-corrected chi connectivity index (χ3v) is 2.48. The van der Waals surface area contributed by atoms with Gasteiger partial charge in [0.1, 0.15) is 11.5 Å². The summed E-state index contributed by atoms with van der Waals surface area (Å²) in [6, 6.07) is 5.69. The van der Waals surface area contributed by atoms with Gasteiger partial charge in [0.15, 0.2) is 0 Å². The lowest BCUT2D eigenvalue weighted by atomic mass is 10.3. The number of hydrogen-bond acceptors (Lipinski definition) is 4. The summed E-state index contributed by atoms with van der Waals surface area (Å²) in [5.74, 6) is 1.47. The number of aromatic nitrogens is 2. The highest BCUT2D eigenvalue weighted by molar-refractivity contribution is 5.46. The molecule has 0 unspecified atom stereocenters. The average Bonchev–Trinajstić information content (AvgIpc) is 2.40. The van der Waals surface area contributed by atoms with Crippen LogP contribution in [-0.4, -0.2) is 16.5 Å². The van der Waals surface area contributed by atoms with Crippen molar-refractivity contribution in [2.45, 2.75) is 20.3 Å². The molecule has 0 spiro atoms. The molecule has 2 aromatic heterocycles. The van der Waals surface area contributed by atoms with Gasteiger partial charge in [-0.3, -0.25) is 9.97 Å². The molecule has 0 aliphatic rings. The van der Waals surface area contributed by atoms with E-state index in [-0.39, 0.29) is 0 Å². The van der Waals surface area contributed by atoms with E-state index in [2.05, 4.69) is 22.2 Å². The van der Waals surface area contributed by atoms with Crippen molar-refractivity contribution < 1.29 is 4.74 Å². The summed E-state index contributed by atoms with van der Waals surface area (Å²) in [5, 5.41) is 3.28. The second-order valence-electron chi connectivity index (χ2n) is 4.03. The number of rotatable bonds is 5. The maximum absolute atomic E-state index is 5.76. The van der Waals surface area contributed by atoms with Crippen LogP contribution in [0.25, 0.3) is 0 Å². The summed E-state index contributed by atoms with van der Waals surface area (Å²) < 4.78 is 5.76. The molecule has 4 nitrogen and oxygen atoms in total. The van der Waals surface area contributed by atoms with Crippen LogP contribution < -0.4 is 10.1 Å². The molecule has 0 radical (unpaired) electrons. The molecule has 0 bridgehead atoms. The first-order valence-corrected chi connectivity index (χ1v) is 6.08. The monoisotopic (exact) mass is 243 g/mol. The molecule has 2 rings (SSSR count). The lowest BCUT2D eigenvalue weighted by Crippen LogP contribution is -2.00. The zero-order chi connectivity index (χ0) is 12.8. The number of aryl methyl sites for hydroxylation is 1. The van der Waals surface area contributed by atoms with Crippen molar-refractivity contribution in [1.29, 1.82) is 0 Å². The topological polar surface area (TPSA) is 47.0 Å². The van der Waals surface area contributed by atoms with E-state index in [1.165, 1.54) is 0 Å². The molecular formula is C14H17N3O. The maximum Gasteiger partial charge on any atom is 0.148 e. The van der Waals surface area contributed by atoms with Crippen LogP contribution in [0.1, 0.15) is 19.0 Å². The fourth-order valence-electron chi connectivity index (χ4n) is 1.54.